The molecule has 3 nitrogen and oxygen atoms in total. The number of imidazole rings is 1. The van der Waals surface area contributed by atoms with Crippen molar-refractivity contribution < 1.29 is 4.39 Å². The lowest BCUT2D eigenvalue weighted by Gasteiger charge is -2.09. The van der Waals surface area contributed by atoms with Gasteiger partial charge in [0.05, 0.1) is 11.0 Å². The normalized spacial score (nSPS) is 11.0. The van der Waals surface area contributed by atoms with Crippen LogP contribution in [0.25, 0.3) is 22.4 Å². The van der Waals surface area contributed by atoms with Gasteiger partial charge in [0.25, 0.3) is 0 Å². The quantitative estimate of drug-likeness (QED) is 0.582. The summed E-state index contributed by atoms with van der Waals surface area (Å²) in [6, 6.07) is 12.2. The summed E-state index contributed by atoms with van der Waals surface area (Å²) in [5.41, 5.74) is 9.92. The minimum Gasteiger partial charge on any atom is -0.399 e. The molecule has 0 saturated carbocycles. The number of aromatic nitrogens is 2. The van der Waals surface area contributed by atoms with E-state index in [4.69, 9.17) is 5.73 Å². The molecule has 1 heterocycles. The molecule has 4 heteroatoms. The molecule has 1 aromatic heterocycles. The zero-order valence-corrected chi connectivity index (χ0v) is 11.8. The molecule has 0 saturated heterocycles. The predicted octanol–water partition coefficient (Wildman–Crippen LogP) is 4.00. The number of benzene rings is 2. The summed E-state index contributed by atoms with van der Waals surface area (Å²) in [7, 11) is 0. The molecule has 0 aliphatic heterocycles. The molecule has 3 rings (SSSR count). The fourth-order valence-corrected chi connectivity index (χ4v) is 2.39. The first-order chi connectivity index (χ1) is 10.0. The van der Waals surface area contributed by atoms with Gasteiger partial charge in [-0.3, -0.25) is 0 Å². The van der Waals surface area contributed by atoms with E-state index in [1.807, 2.05) is 35.8 Å². The van der Waals surface area contributed by atoms with Gasteiger partial charge in [-0.2, -0.15) is 0 Å². The summed E-state index contributed by atoms with van der Waals surface area (Å²) in [6.07, 6.45) is 0. The smallest absolute Gasteiger partial charge is 0.141 e. The Bertz CT molecular complexity index is 816. The molecule has 0 atom stereocenters. The maximum Gasteiger partial charge on any atom is 0.141 e. The number of fused-ring (bicyclic) bond motifs is 1. The van der Waals surface area contributed by atoms with Crippen LogP contribution in [-0.2, 0) is 6.54 Å². The lowest BCUT2D eigenvalue weighted by atomic mass is 10.2. The molecular weight excluding hydrogens is 265 g/mol. The molecule has 0 amide bonds. The van der Waals surface area contributed by atoms with Crippen LogP contribution in [0.5, 0.6) is 0 Å². The van der Waals surface area contributed by atoms with E-state index in [9.17, 15) is 4.39 Å². The van der Waals surface area contributed by atoms with E-state index in [2.05, 4.69) is 11.6 Å². The minimum atomic E-state index is -0.286. The van der Waals surface area contributed by atoms with E-state index in [1.165, 1.54) is 12.1 Å². The second-order valence-electron chi connectivity index (χ2n) is 5.23. The zero-order valence-electron chi connectivity index (χ0n) is 11.8. The summed E-state index contributed by atoms with van der Waals surface area (Å²) in [6.45, 7) is 6.56. The topological polar surface area (TPSA) is 43.8 Å². The molecular formula is C17H16FN3. The molecule has 2 N–H and O–H groups in total. The van der Waals surface area contributed by atoms with Crippen LogP contribution in [0.15, 0.2) is 54.6 Å². The van der Waals surface area contributed by atoms with Crippen LogP contribution in [0.3, 0.4) is 0 Å². The number of halogens is 1. The molecule has 0 radical (unpaired) electrons. The lowest BCUT2D eigenvalue weighted by Crippen LogP contribution is -2.01. The number of hydrogen-bond donors (Lipinski definition) is 1. The van der Waals surface area contributed by atoms with Crippen LogP contribution in [-0.4, -0.2) is 9.55 Å². The Morgan fingerprint density at radius 1 is 1.24 bits per heavy atom. The summed E-state index contributed by atoms with van der Waals surface area (Å²) < 4.78 is 15.5. The highest BCUT2D eigenvalue weighted by molar-refractivity contribution is 5.81. The van der Waals surface area contributed by atoms with E-state index in [0.717, 1.165) is 22.5 Å². The van der Waals surface area contributed by atoms with Crippen LogP contribution >= 0.6 is 0 Å². The third kappa shape index (κ3) is 2.52. The summed E-state index contributed by atoms with van der Waals surface area (Å²) in [5, 5.41) is 0. The van der Waals surface area contributed by atoms with Crippen LogP contribution in [0.1, 0.15) is 6.92 Å². The van der Waals surface area contributed by atoms with Crippen molar-refractivity contribution in [2.75, 3.05) is 5.73 Å². The molecule has 0 fully saturated rings. The van der Waals surface area contributed by atoms with Gasteiger partial charge in [-0.05, 0) is 43.3 Å². The molecule has 0 aliphatic rings. The molecule has 0 aliphatic carbocycles. The molecule has 21 heavy (non-hydrogen) atoms. The molecule has 0 unspecified atom stereocenters. The Hall–Kier alpha value is -2.62. The molecule has 0 spiro atoms. The first-order valence-corrected chi connectivity index (χ1v) is 6.70. The van der Waals surface area contributed by atoms with Gasteiger partial charge < -0.3 is 10.3 Å². The van der Waals surface area contributed by atoms with Gasteiger partial charge in [0.15, 0.2) is 0 Å². The van der Waals surface area contributed by atoms with Gasteiger partial charge in [-0.1, -0.05) is 12.2 Å². The van der Waals surface area contributed by atoms with Gasteiger partial charge in [0, 0.05) is 23.9 Å². The highest BCUT2D eigenvalue weighted by Gasteiger charge is 2.13. The average molecular weight is 281 g/mol. The van der Waals surface area contributed by atoms with Gasteiger partial charge >= 0.3 is 0 Å². The van der Waals surface area contributed by atoms with E-state index < -0.39 is 0 Å². The number of rotatable bonds is 3. The minimum absolute atomic E-state index is 0.286. The first kappa shape index (κ1) is 13.4. The van der Waals surface area contributed by atoms with Crippen molar-refractivity contribution in [3.8, 4) is 11.4 Å². The third-order valence-electron chi connectivity index (χ3n) is 3.31. The SMILES string of the molecule is C=C(C)Cn1c(-c2ccc(N)cc2)nc2cc(F)ccc21. The van der Waals surface area contributed by atoms with E-state index >= 15 is 0 Å². The van der Waals surface area contributed by atoms with Crippen molar-refractivity contribution in [1.29, 1.82) is 0 Å². The number of hydrogen-bond acceptors (Lipinski definition) is 2. The summed E-state index contributed by atoms with van der Waals surface area (Å²) >= 11 is 0. The van der Waals surface area contributed by atoms with Crippen molar-refractivity contribution >= 4 is 16.7 Å². The fourth-order valence-electron chi connectivity index (χ4n) is 2.39. The lowest BCUT2D eigenvalue weighted by molar-refractivity contribution is 0.629. The zero-order chi connectivity index (χ0) is 15.0. The van der Waals surface area contributed by atoms with Gasteiger partial charge in [-0.15, -0.1) is 0 Å². The van der Waals surface area contributed by atoms with Crippen molar-refractivity contribution in [3.05, 3.63) is 60.4 Å². The number of anilines is 1. The van der Waals surface area contributed by atoms with Crippen molar-refractivity contribution in [2.24, 2.45) is 0 Å². The van der Waals surface area contributed by atoms with Crippen molar-refractivity contribution in [2.45, 2.75) is 13.5 Å². The first-order valence-electron chi connectivity index (χ1n) is 6.70. The van der Waals surface area contributed by atoms with E-state index in [-0.39, 0.29) is 5.82 Å². The highest BCUT2D eigenvalue weighted by Crippen LogP contribution is 2.26. The van der Waals surface area contributed by atoms with E-state index in [0.29, 0.717) is 17.7 Å². The van der Waals surface area contributed by atoms with Crippen LogP contribution in [0.4, 0.5) is 10.1 Å². The Morgan fingerprint density at radius 2 is 1.95 bits per heavy atom. The van der Waals surface area contributed by atoms with Crippen LogP contribution < -0.4 is 5.73 Å². The second kappa shape index (κ2) is 5.05. The maximum atomic E-state index is 13.4. The van der Waals surface area contributed by atoms with Crippen molar-refractivity contribution in [3.63, 3.8) is 0 Å². The Morgan fingerprint density at radius 3 is 2.62 bits per heavy atom. The van der Waals surface area contributed by atoms with Crippen molar-refractivity contribution in [1.82, 2.24) is 9.55 Å². The van der Waals surface area contributed by atoms with Crippen LogP contribution in [0, 0.1) is 5.82 Å². The molecule has 2 aromatic carbocycles. The number of allylic oxidation sites excluding steroid dienone is 1. The van der Waals surface area contributed by atoms with Gasteiger partial charge in [0.2, 0.25) is 0 Å². The summed E-state index contributed by atoms with van der Waals surface area (Å²) in [4.78, 5) is 4.57. The van der Waals surface area contributed by atoms with Gasteiger partial charge in [-0.25, -0.2) is 9.37 Å². The number of nitrogens with two attached hydrogens (primary N) is 1. The van der Waals surface area contributed by atoms with Crippen LogP contribution in [0.2, 0.25) is 0 Å². The third-order valence-corrected chi connectivity index (χ3v) is 3.31. The Kier molecular flexibility index (Phi) is 3.22. The number of nitrogen functional groups attached to an aromatic ring is 1. The largest absolute Gasteiger partial charge is 0.399 e. The average Bonchev–Trinajstić information content (AvgIpc) is 2.77. The fraction of sp³-hybridized carbons (Fsp3) is 0.118. The second-order valence-corrected chi connectivity index (χ2v) is 5.23. The standard InChI is InChI=1S/C17H16FN3/c1-11(2)10-21-16-8-5-13(18)9-15(16)20-17(21)12-3-6-14(19)7-4-12/h3-9H,1,10,19H2,2H3. The van der Waals surface area contributed by atoms with Gasteiger partial charge in [0.1, 0.15) is 11.6 Å². The molecule has 3 aromatic rings. The highest BCUT2D eigenvalue weighted by atomic mass is 19.1. The predicted molar refractivity (Wildman–Crippen MR) is 84.4 cm³/mol. The number of nitrogens with zero attached hydrogens (tertiary/aromatic N) is 2. The van der Waals surface area contributed by atoms with E-state index in [1.54, 1.807) is 6.07 Å². The maximum absolute atomic E-state index is 13.4. The monoisotopic (exact) mass is 281 g/mol. The Labute approximate surface area is 122 Å². The molecule has 0 bridgehead atoms. The Balaban J connectivity index is 2.24. The molecule has 106 valence electrons. The summed E-state index contributed by atoms with van der Waals surface area (Å²) in [5.74, 6) is 0.505.